The van der Waals surface area contributed by atoms with Crippen LogP contribution in [-0.2, 0) is 14.6 Å². The van der Waals surface area contributed by atoms with Crippen molar-refractivity contribution in [3.05, 3.63) is 0 Å². The van der Waals surface area contributed by atoms with E-state index in [1.54, 1.807) is 7.05 Å². The number of nitrogens with zero attached hydrogens (tertiary/aromatic N) is 1. The fourth-order valence-electron chi connectivity index (χ4n) is 3.01. The summed E-state index contributed by atoms with van der Waals surface area (Å²) in [5, 5.41) is 9.17. The fraction of sp³-hybridized carbons (Fsp3) is 0.889. The van der Waals surface area contributed by atoms with Gasteiger partial charge in [0.05, 0.1) is 11.5 Å². The van der Waals surface area contributed by atoms with Crippen LogP contribution in [0.1, 0.15) is 64.7 Å². The molecule has 1 fully saturated rings. The van der Waals surface area contributed by atoms with Crippen molar-refractivity contribution in [2.45, 2.75) is 70.8 Å². The van der Waals surface area contributed by atoms with E-state index in [0.29, 0.717) is 25.3 Å². The van der Waals surface area contributed by atoms with Gasteiger partial charge in [0.1, 0.15) is 0 Å². The van der Waals surface area contributed by atoms with Crippen molar-refractivity contribution in [2.24, 2.45) is 4.99 Å². The van der Waals surface area contributed by atoms with Gasteiger partial charge in [-0.05, 0) is 12.8 Å². The highest BCUT2D eigenvalue weighted by Gasteiger charge is 2.28. The molecule has 1 aliphatic heterocycles. The van der Waals surface area contributed by atoms with Crippen LogP contribution < -0.4 is 16.0 Å². The fourth-order valence-corrected chi connectivity index (χ4v) is 4.69. The topological polar surface area (TPSA) is 99.7 Å². The van der Waals surface area contributed by atoms with E-state index in [1.807, 2.05) is 0 Å². The second-order valence-corrected chi connectivity index (χ2v) is 9.19. The zero-order valence-corrected chi connectivity index (χ0v) is 19.9. The lowest BCUT2D eigenvalue weighted by molar-refractivity contribution is -0.121. The Balaban J connectivity index is 0.00000676. The van der Waals surface area contributed by atoms with Crippen molar-refractivity contribution in [3.63, 3.8) is 0 Å². The van der Waals surface area contributed by atoms with Gasteiger partial charge >= 0.3 is 0 Å². The second kappa shape index (κ2) is 15.4. The Labute approximate surface area is 181 Å². The normalized spacial score (nSPS) is 18.6. The molecule has 3 N–H and O–H groups in total. The number of hydrogen-bond acceptors (Lipinski definition) is 4. The molecule has 1 amide bonds. The van der Waals surface area contributed by atoms with Gasteiger partial charge in [0.15, 0.2) is 15.8 Å². The van der Waals surface area contributed by atoms with Gasteiger partial charge in [-0.1, -0.05) is 45.4 Å². The standard InChI is InChI=1S/C18H36N4O3S.HI/c1-3-4-5-6-7-8-9-12-20-18(19-2)21-13-10-17(23)22-16-11-14-26(24,25)15-16;/h16H,3-15H2,1-2H3,(H,22,23)(H2,19,20,21);1H. The van der Waals surface area contributed by atoms with E-state index in [2.05, 4.69) is 27.9 Å². The number of sulfone groups is 1. The van der Waals surface area contributed by atoms with E-state index in [1.165, 1.54) is 38.5 Å². The SMILES string of the molecule is CCCCCCCCCNC(=NC)NCCC(=O)NC1CCS(=O)(=O)C1.I. The Morgan fingerprint density at radius 2 is 1.67 bits per heavy atom. The molecule has 0 aromatic heterocycles. The maximum Gasteiger partial charge on any atom is 0.222 e. The Morgan fingerprint density at radius 3 is 2.26 bits per heavy atom. The molecule has 1 aliphatic rings. The number of halogens is 1. The van der Waals surface area contributed by atoms with Crippen LogP contribution >= 0.6 is 24.0 Å². The molecule has 1 heterocycles. The average molecular weight is 516 g/mol. The molecule has 0 saturated carbocycles. The van der Waals surface area contributed by atoms with Crippen molar-refractivity contribution < 1.29 is 13.2 Å². The van der Waals surface area contributed by atoms with Crippen molar-refractivity contribution in [1.29, 1.82) is 0 Å². The molecule has 1 atom stereocenters. The number of nitrogens with one attached hydrogen (secondary N) is 3. The molecule has 0 aliphatic carbocycles. The molecule has 0 aromatic rings. The highest BCUT2D eigenvalue weighted by atomic mass is 127. The van der Waals surface area contributed by atoms with Crippen LogP contribution in [0.2, 0.25) is 0 Å². The summed E-state index contributed by atoms with van der Waals surface area (Å²) in [6.45, 7) is 3.58. The predicted octanol–water partition coefficient (Wildman–Crippen LogP) is 2.21. The molecule has 9 heteroatoms. The van der Waals surface area contributed by atoms with E-state index in [-0.39, 0.29) is 47.4 Å². The third-order valence-electron chi connectivity index (χ3n) is 4.54. The molecule has 1 rings (SSSR count). The van der Waals surface area contributed by atoms with Crippen molar-refractivity contribution in [3.8, 4) is 0 Å². The quantitative estimate of drug-likeness (QED) is 0.160. The number of aliphatic imine (C=N–C) groups is 1. The minimum atomic E-state index is -2.96. The Morgan fingerprint density at radius 1 is 1.04 bits per heavy atom. The zero-order valence-electron chi connectivity index (χ0n) is 16.8. The minimum Gasteiger partial charge on any atom is -0.356 e. The van der Waals surface area contributed by atoms with Crippen LogP contribution in [0.3, 0.4) is 0 Å². The molecule has 0 aromatic carbocycles. The number of guanidine groups is 1. The molecule has 0 spiro atoms. The van der Waals surface area contributed by atoms with Gasteiger partial charge < -0.3 is 16.0 Å². The summed E-state index contributed by atoms with van der Waals surface area (Å²) in [4.78, 5) is 16.0. The number of hydrogen-bond donors (Lipinski definition) is 3. The third-order valence-corrected chi connectivity index (χ3v) is 6.31. The summed E-state index contributed by atoms with van der Waals surface area (Å²) in [7, 11) is -1.25. The zero-order chi connectivity index (χ0) is 19.3. The first-order valence-electron chi connectivity index (χ1n) is 9.91. The van der Waals surface area contributed by atoms with Gasteiger partial charge in [-0.15, -0.1) is 24.0 Å². The maximum atomic E-state index is 11.9. The Bertz CT molecular complexity index is 541. The van der Waals surface area contributed by atoms with Crippen molar-refractivity contribution in [1.82, 2.24) is 16.0 Å². The molecule has 7 nitrogen and oxygen atoms in total. The van der Waals surface area contributed by atoms with Crippen molar-refractivity contribution >= 4 is 45.7 Å². The van der Waals surface area contributed by atoms with Gasteiger partial charge in [-0.3, -0.25) is 9.79 Å². The minimum absolute atomic E-state index is 0. The van der Waals surface area contributed by atoms with Gasteiger partial charge in [-0.25, -0.2) is 8.42 Å². The molecule has 1 unspecified atom stereocenters. The largest absolute Gasteiger partial charge is 0.356 e. The summed E-state index contributed by atoms with van der Waals surface area (Å²) >= 11 is 0. The van der Waals surface area contributed by atoms with E-state index < -0.39 is 9.84 Å². The Hall–Kier alpha value is -0.580. The molecule has 27 heavy (non-hydrogen) atoms. The lowest BCUT2D eigenvalue weighted by atomic mass is 10.1. The number of unbranched alkanes of at least 4 members (excludes halogenated alkanes) is 6. The van der Waals surface area contributed by atoms with Crippen molar-refractivity contribution in [2.75, 3.05) is 31.6 Å². The third kappa shape index (κ3) is 13.3. The van der Waals surface area contributed by atoms with E-state index in [9.17, 15) is 13.2 Å². The number of rotatable bonds is 12. The highest BCUT2D eigenvalue weighted by molar-refractivity contribution is 14.0. The van der Waals surface area contributed by atoms with E-state index in [4.69, 9.17) is 0 Å². The highest BCUT2D eigenvalue weighted by Crippen LogP contribution is 2.11. The first kappa shape index (κ1) is 26.4. The summed E-state index contributed by atoms with van der Waals surface area (Å²) in [6, 6.07) is -0.234. The number of amides is 1. The molecular weight excluding hydrogens is 479 g/mol. The molecule has 0 radical (unpaired) electrons. The first-order valence-corrected chi connectivity index (χ1v) is 11.7. The van der Waals surface area contributed by atoms with E-state index >= 15 is 0 Å². The molecular formula is C18H37IN4O3S. The number of carbonyl (C=O) groups excluding carboxylic acids is 1. The number of carbonyl (C=O) groups is 1. The van der Waals surface area contributed by atoms with Crippen LogP contribution in [0.25, 0.3) is 0 Å². The Kier molecular flexibility index (Phi) is 15.0. The smallest absolute Gasteiger partial charge is 0.222 e. The van der Waals surface area contributed by atoms with E-state index in [0.717, 1.165) is 13.0 Å². The molecule has 0 bridgehead atoms. The predicted molar refractivity (Wildman–Crippen MR) is 123 cm³/mol. The molecule has 1 saturated heterocycles. The average Bonchev–Trinajstić information content (AvgIpc) is 2.94. The monoisotopic (exact) mass is 516 g/mol. The lowest BCUT2D eigenvalue weighted by Crippen LogP contribution is -2.41. The maximum absolute atomic E-state index is 11.9. The summed E-state index contributed by atoms with van der Waals surface area (Å²) in [6.07, 6.45) is 9.70. The van der Waals surface area contributed by atoms with Crippen LogP contribution in [-0.4, -0.2) is 58.0 Å². The van der Waals surface area contributed by atoms with Crippen LogP contribution in [0, 0.1) is 0 Å². The van der Waals surface area contributed by atoms with Crippen LogP contribution in [0.5, 0.6) is 0 Å². The van der Waals surface area contributed by atoms with Gasteiger partial charge in [0.25, 0.3) is 0 Å². The van der Waals surface area contributed by atoms with Gasteiger partial charge in [-0.2, -0.15) is 0 Å². The molecule has 160 valence electrons. The second-order valence-electron chi connectivity index (χ2n) is 6.96. The lowest BCUT2D eigenvalue weighted by Gasteiger charge is -2.13. The summed E-state index contributed by atoms with van der Waals surface area (Å²) in [5.41, 5.74) is 0. The summed E-state index contributed by atoms with van der Waals surface area (Å²) < 4.78 is 22.8. The van der Waals surface area contributed by atoms with Crippen LogP contribution in [0.4, 0.5) is 0 Å². The van der Waals surface area contributed by atoms with Crippen LogP contribution in [0.15, 0.2) is 4.99 Å². The van der Waals surface area contributed by atoms with Gasteiger partial charge in [0, 0.05) is 32.6 Å². The summed E-state index contributed by atoms with van der Waals surface area (Å²) in [5.74, 6) is 0.813. The first-order chi connectivity index (χ1) is 12.5. The van der Waals surface area contributed by atoms with Gasteiger partial charge in [0.2, 0.25) is 5.91 Å².